The molecule has 94 valence electrons. The van der Waals surface area contributed by atoms with Gasteiger partial charge < -0.3 is 10.5 Å². The van der Waals surface area contributed by atoms with Gasteiger partial charge in [-0.2, -0.15) is 0 Å². The van der Waals surface area contributed by atoms with Crippen LogP contribution >= 0.6 is 11.6 Å². The Labute approximate surface area is 107 Å². The minimum absolute atomic E-state index is 0.293. The van der Waals surface area contributed by atoms with Crippen LogP contribution in [-0.4, -0.2) is 37.2 Å². The maximum Gasteiger partial charge on any atom is 0.0714 e. The van der Waals surface area contributed by atoms with Crippen LogP contribution in [0.1, 0.15) is 12.0 Å². The molecule has 0 aliphatic carbocycles. The Morgan fingerprint density at radius 2 is 2.12 bits per heavy atom. The maximum absolute atomic E-state index is 5.87. The van der Waals surface area contributed by atoms with Gasteiger partial charge in [0.25, 0.3) is 0 Å². The fourth-order valence-electron chi connectivity index (χ4n) is 2.13. The number of hydrogen-bond donors (Lipinski definition) is 1. The van der Waals surface area contributed by atoms with E-state index in [2.05, 4.69) is 17.0 Å². The Bertz CT molecular complexity index is 340. The number of morpholine rings is 1. The molecule has 1 aromatic rings. The van der Waals surface area contributed by atoms with Crippen LogP contribution in [0.15, 0.2) is 24.3 Å². The molecule has 3 nitrogen and oxygen atoms in total. The van der Waals surface area contributed by atoms with Gasteiger partial charge in [-0.05, 0) is 30.7 Å². The van der Waals surface area contributed by atoms with E-state index in [-0.39, 0.29) is 0 Å². The van der Waals surface area contributed by atoms with E-state index in [9.17, 15) is 0 Å². The van der Waals surface area contributed by atoms with Crippen LogP contribution in [0.4, 0.5) is 0 Å². The van der Waals surface area contributed by atoms with Crippen molar-refractivity contribution in [1.29, 1.82) is 0 Å². The van der Waals surface area contributed by atoms with Gasteiger partial charge in [-0.3, -0.25) is 4.90 Å². The molecule has 0 bridgehead atoms. The molecule has 0 radical (unpaired) electrons. The Morgan fingerprint density at radius 3 is 2.82 bits per heavy atom. The van der Waals surface area contributed by atoms with Crippen molar-refractivity contribution < 1.29 is 4.74 Å². The van der Waals surface area contributed by atoms with E-state index in [0.717, 1.165) is 37.7 Å². The molecular weight excluding hydrogens is 236 g/mol. The molecule has 2 N–H and O–H groups in total. The molecule has 0 amide bonds. The summed E-state index contributed by atoms with van der Waals surface area (Å²) in [5, 5.41) is 0.789. The van der Waals surface area contributed by atoms with E-state index in [1.165, 1.54) is 5.56 Å². The third-order valence-corrected chi connectivity index (χ3v) is 3.28. The molecule has 2 rings (SSSR count). The topological polar surface area (TPSA) is 38.5 Å². The van der Waals surface area contributed by atoms with Gasteiger partial charge in [0.2, 0.25) is 0 Å². The first-order valence-electron chi connectivity index (χ1n) is 6.06. The highest BCUT2D eigenvalue weighted by Gasteiger charge is 2.19. The molecule has 0 aromatic heterocycles. The molecule has 1 aliphatic heterocycles. The normalized spacial score (nSPS) is 21.6. The number of nitrogens with zero attached hydrogens (tertiary/aromatic N) is 1. The van der Waals surface area contributed by atoms with Crippen molar-refractivity contribution in [3.63, 3.8) is 0 Å². The summed E-state index contributed by atoms with van der Waals surface area (Å²) < 4.78 is 5.66. The lowest BCUT2D eigenvalue weighted by Crippen LogP contribution is -2.42. The van der Waals surface area contributed by atoms with E-state index >= 15 is 0 Å². The Hall–Kier alpha value is -0.610. The van der Waals surface area contributed by atoms with Gasteiger partial charge in [0, 0.05) is 24.7 Å². The minimum atomic E-state index is 0.293. The SMILES string of the molecule is NCCC1CN(Cc2ccc(Cl)cc2)CCO1. The van der Waals surface area contributed by atoms with Gasteiger partial charge >= 0.3 is 0 Å². The van der Waals surface area contributed by atoms with Crippen LogP contribution in [-0.2, 0) is 11.3 Å². The first-order valence-corrected chi connectivity index (χ1v) is 6.44. The van der Waals surface area contributed by atoms with Gasteiger partial charge in [-0.15, -0.1) is 0 Å². The summed E-state index contributed by atoms with van der Waals surface area (Å²) in [6.45, 7) is 4.42. The first kappa shape index (κ1) is 12.8. The molecule has 1 aliphatic rings. The predicted octanol–water partition coefficient (Wildman–Crippen LogP) is 1.89. The summed E-state index contributed by atoms with van der Waals surface area (Å²) in [7, 11) is 0. The Morgan fingerprint density at radius 1 is 1.35 bits per heavy atom. The van der Waals surface area contributed by atoms with Gasteiger partial charge in [0.05, 0.1) is 12.7 Å². The Balaban J connectivity index is 1.87. The summed E-state index contributed by atoms with van der Waals surface area (Å²) in [5.41, 5.74) is 6.86. The van der Waals surface area contributed by atoms with Crippen LogP contribution in [0, 0.1) is 0 Å². The number of benzene rings is 1. The van der Waals surface area contributed by atoms with Gasteiger partial charge in [-0.1, -0.05) is 23.7 Å². The maximum atomic E-state index is 5.87. The summed E-state index contributed by atoms with van der Waals surface area (Å²) in [6, 6.07) is 8.04. The molecule has 0 saturated carbocycles. The zero-order valence-corrected chi connectivity index (χ0v) is 10.7. The lowest BCUT2D eigenvalue weighted by atomic mass is 10.1. The fourth-order valence-corrected chi connectivity index (χ4v) is 2.26. The lowest BCUT2D eigenvalue weighted by Gasteiger charge is -2.32. The zero-order valence-electron chi connectivity index (χ0n) is 9.94. The summed E-state index contributed by atoms with van der Waals surface area (Å²) in [5.74, 6) is 0. The Kier molecular flexibility index (Phi) is 4.80. The number of rotatable bonds is 4. The van der Waals surface area contributed by atoms with Gasteiger partial charge in [0.1, 0.15) is 0 Å². The highest BCUT2D eigenvalue weighted by atomic mass is 35.5. The average Bonchev–Trinajstić information content (AvgIpc) is 2.33. The molecule has 17 heavy (non-hydrogen) atoms. The largest absolute Gasteiger partial charge is 0.376 e. The summed E-state index contributed by atoms with van der Waals surface area (Å²) in [6.07, 6.45) is 1.23. The molecule has 1 aromatic carbocycles. The molecule has 1 fully saturated rings. The van der Waals surface area contributed by atoms with Crippen molar-refractivity contribution in [2.24, 2.45) is 5.73 Å². The molecule has 1 atom stereocenters. The van der Waals surface area contributed by atoms with Crippen molar-refractivity contribution in [3.8, 4) is 0 Å². The van der Waals surface area contributed by atoms with E-state index in [1.54, 1.807) is 0 Å². The first-order chi connectivity index (χ1) is 8.28. The van der Waals surface area contributed by atoms with Crippen LogP contribution < -0.4 is 5.73 Å². The van der Waals surface area contributed by atoms with Gasteiger partial charge in [0.15, 0.2) is 0 Å². The van der Waals surface area contributed by atoms with Crippen LogP contribution in [0.2, 0.25) is 5.02 Å². The second kappa shape index (κ2) is 6.36. The molecule has 4 heteroatoms. The van der Waals surface area contributed by atoms with Crippen molar-refractivity contribution in [3.05, 3.63) is 34.9 Å². The third-order valence-electron chi connectivity index (χ3n) is 3.03. The molecule has 1 unspecified atom stereocenters. The second-order valence-corrected chi connectivity index (χ2v) is 4.87. The van der Waals surface area contributed by atoms with E-state index in [0.29, 0.717) is 12.6 Å². The van der Waals surface area contributed by atoms with Crippen LogP contribution in [0.3, 0.4) is 0 Å². The smallest absolute Gasteiger partial charge is 0.0714 e. The second-order valence-electron chi connectivity index (χ2n) is 4.43. The molecular formula is C13H19ClN2O. The van der Waals surface area contributed by atoms with Crippen LogP contribution in [0.5, 0.6) is 0 Å². The number of ether oxygens (including phenoxy) is 1. The highest BCUT2D eigenvalue weighted by Crippen LogP contribution is 2.14. The zero-order chi connectivity index (χ0) is 12.1. The van der Waals surface area contributed by atoms with Crippen molar-refractivity contribution in [2.75, 3.05) is 26.2 Å². The molecule has 0 spiro atoms. The third kappa shape index (κ3) is 3.96. The van der Waals surface area contributed by atoms with Crippen molar-refractivity contribution in [2.45, 2.75) is 19.1 Å². The molecule has 1 heterocycles. The highest BCUT2D eigenvalue weighted by molar-refractivity contribution is 6.30. The van der Waals surface area contributed by atoms with Gasteiger partial charge in [-0.25, -0.2) is 0 Å². The summed E-state index contributed by atoms with van der Waals surface area (Å²) in [4.78, 5) is 2.41. The van der Waals surface area contributed by atoms with E-state index in [1.807, 2.05) is 12.1 Å². The quantitative estimate of drug-likeness (QED) is 0.892. The van der Waals surface area contributed by atoms with E-state index in [4.69, 9.17) is 22.1 Å². The standard InChI is InChI=1S/C13H19ClN2O/c14-12-3-1-11(2-4-12)9-16-7-8-17-13(10-16)5-6-15/h1-4,13H,5-10,15H2. The lowest BCUT2D eigenvalue weighted by molar-refractivity contribution is -0.0335. The van der Waals surface area contributed by atoms with Crippen molar-refractivity contribution in [1.82, 2.24) is 4.90 Å². The van der Waals surface area contributed by atoms with Crippen molar-refractivity contribution >= 4 is 11.6 Å². The van der Waals surface area contributed by atoms with Crippen LogP contribution in [0.25, 0.3) is 0 Å². The fraction of sp³-hybridized carbons (Fsp3) is 0.538. The average molecular weight is 255 g/mol. The monoisotopic (exact) mass is 254 g/mol. The predicted molar refractivity (Wildman–Crippen MR) is 70.1 cm³/mol. The minimum Gasteiger partial charge on any atom is -0.376 e. The van der Waals surface area contributed by atoms with E-state index < -0.39 is 0 Å². The number of hydrogen-bond acceptors (Lipinski definition) is 3. The number of nitrogens with two attached hydrogens (primary N) is 1. The summed E-state index contributed by atoms with van der Waals surface area (Å²) >= 11 is 5.87. The molecule has 1 saturated heterocycles. The number of halogens is 1.